The Bertz CT molecular complexity index is 660. The van der Waals surface area contributed by atoms with E-state index in [0.29, 0.717) is 11.8 Å². The zero-order valence-electron chi connectivity index (χ0n) is 10.7. The van der Waals surface area contributed by atoms with Crippen LogP contribution in [0.15, 0.2) is 54.8 Å². The van der Waals surface area contributed by atoms with Crippen molar-refractivity contribution in [3.63, 3.8) is 0 Å². The van der Waals surface area contributed by atoms with Crippen LogP contribution >= 0.6 is 0 Å². The average Bonchev–Trinajstić information content (AvgIpc) is 2.76. The van der Waals surface area contributed by atoms with Gasteiger partial charge in [-0.2, -0.15) is 0 Å². The Morgan fingerprint density at radius 3 is 2.58 bits per heavy atom. The summed E-state index contributed by atoms with van der Waals surface area (Å²) in [7, 11) is 0. The molecule has 0 amide bonds. The van der Waals surface area contributed by atoms with E-state index in [9.17, 15) is 9.90 Å². The molecule has 1 aliphatic carbocycles. The third kappa shape index (κ3) is 2.52. The second-order valence-corrected chi connectivity index (χ2v) is 4.37. The molecule has 0 atom stereocenters. The van der Waals surface area contributed by atoms with Crippen LogP contribution in [0.5, 0.6) is 0 Å². The maximum atomic E-state index is 11.6. The fourth-order valence-electron chi connectivity index (χ4n) is 2.46. The molecule has 0 fully saturated rings. The maximum absolute atomic E-state index is 11.6. The smallest absolute Gasteiger partial charge is 0.878 e. The third-order valence-electron chi connectivity index (χ3n) is 3.30. The largest absolute Gasteiger partial charge is 1.00 e. The van der Waals surface area contributed by atoms with Gasteiger partial charge in [-0.1, -0.05) is 36.4 Å². The Labute approximate surface area is 134 Å². The summed E-state index contributed by atoms with van der Waals surface area (Å²) in [6.07, 6.45) is 2.45. The SMILES string of the molecule is O=C(/C=C/[O-])c1ccc2c(c1)Cc1ccccc1-2.[Na+]. The Balaban J connectivity index is 0.00000133. The number of carbonyl (C=O) groups excluding carboxylic acids is 1. The monoisotopic (exact) mass is 258 g/mol. The molecule has 3 rings (SSSR count). The molecule has 2 nitrogen and oxygen atoms in total. The van der Waals surface area contributed by atoms with Gasteiger partial charge in [0.25, 0.3) is 0 Å². The quantitative estimate of drug-likeness (QED) is 0.264. The third-order valence-corrected chi connectivity index (χ3v) is 3.30. The summed E-state index contributed by atoms with van der Waals surface area (Å²) in [5.41, 5.74) is 5.45. The minimum absolute atomic E-state index is 0. The van der Waals surface area contributed by atoms with Crippen molar-refractivity contribution in [2.24, 2.45) is 0 Å². The van der Waals surface area contributed by atoms with Gasteiger partial charge in [-0.25, -0.2) is 0 Å². The van der Waals surface area contributed by atoms with Gasteiger partial charge in [0, 0.05) is 5.56 Å². The van der Waals surface area contributed by atoms with Gasteiger partial charge >= 0.3 is 29.6 Å². The molecule has 3 heteroatoms. The van der Waals surface area contributed by atoms with E-state index in [1.165, 1.54) is 16.7 Å². The minimum Gasteiger partial charge on any atom is -0.878 e. The van der Waals surface area contributed by atoms with Gasteiger partial charge in [0.05, 0.1) is 0 Å². The minimum atomic E-state index is -0.233. The Kier molecular flexibility index (Phi) is 4.25. The van der Waals surface area contributed by atoms with Crippen molar-refractivity contribution >= 4 is 5.78 Å². The molecule has 2 aromatic carbocycles. The van der Waals surface area contributed by atoms with Crippen molar-refractivity contribution in [3.05, 3.63) is 71.5 Å². The molecule has 0 aromatic heterocycles. The van der Waals surface area contributed by atoms with Crippen molar-refractivity contribution in [1.82, 2.24) is 0 Å². The van der Waals surface area contributed by atoms with Crippen molar-refractivity contribution in [1.29, 1.82) is 0 Å². The standard InChI is InChI=1S/C16H12O2.Na/c17-8-7-16(18)12-5-6-15-13(10-12)9-11-3-1-2-4-14(11)15;/h1-8,10,17H,9H2;/q;+1/p-1/b8-7+;. The first-order valence-electron chi connectivity index (χ1n) is 5.83. The summed E-state index contributed by atoms with van der Waals surface area (Å²) in [6.45, 7) is 0. The Morgan fingerprint density at radius 1 is 1.05 bits per heavy atom. The molecule has 0 radical (unpaired) electrons. The number of ketones is 1. The van der Waals surface area contributed by atoms with E-state index >= 15 is 0 Å². The molecule has 0 heterocycles. The molecule has 0 spiro atoms. The van der Waals surface area contributed by atoms with E-state index in [2.05, 4.69) is 12.1 Å². The Hall–Kier alpha value is -1.35. The zero-order chi connectivity index (χ0) is 12.5. The molecule has 0 unspecified atom stereocenters. The first-order valence-corrected chi connectivity index (χ1v) is 5.83. The number of carbonyl (C=O) groups is 1. The molecule has 0 bridgehead atoms. The van der Waals surface area contributed by atoms with Gasteiger partial charge in [-0.3, -0.25) is 4.79 Å². The molecular formula is C16H11NaO2. The van der Waals surface area contributed by atoms with Gasteiger partial charge in [0.2, 0.25) is 0 Å². The zero-order valence-corrected chi connectivity index (χ0v) is 12.7. The van der Waals surface area contributed by atoms with Gasteiger partial charge in [-0.05, 0) is 40.8 Å². The molecule has 19 heavy (non-hydrogen) atoms. The van der Waals surface area contributed by atoms with Crippen LogP contribution in [0.1, 0.15) is 21.5 Å². The molecule has 0 aliphatic heterocycles. The first-order chi connectivity index (χ1) is 8.79. The van der Waals surface area contributed by atoms with E-state index in [1.807, 2.05) is 24.3 Å². The van der Waals surface area contributed by atoms with Crippen LogP contribution in [0.3, 0.4) is 0 Å². The fourth-order valence-corrected chi connectivity index (χ4v) is 2.46. The van der Waals surface area contributed by atoms with E-state index < -0.39 is 0 Å². The second-order valence-electron chi connectivity index (χ2n) is 4.37. The number of allylic oxidation sites excluding steroid dienone is 1. The van der Waals surface area contributed by atoms with Crippen LogP contribution in [-0.2, 0) is 6.42 Å². The average molecular weight is 258 g/mol. The van der Waals surface area contributed by atoms with E-state index in [0.717, 1.165) is 18.1 Å². The molecule has 0 saturated heterocycles. The van der Waals surface area contributed by atoms with Crippen LogP contribution in [0.4, 0.5) is 0 Å². The summed E-state index contributed by atoms with van der Waals surface area (Å²) in [6, 6.07) is 13.9. The van der Waals surface area contributed by atoms with Crippen molar-refractivity contribution in [2.45, 2.75) is 6.42 Å². The number of hydrogen-bond donors (Lipinski definition) is 0. The molecule has 2 aromatic rings. The molecule has 0 saturated carbocycles. The molecule has 88 valence electrons. The number of hydrogen-bond acceptors (Lipinski definition) is 2. The van der Waals surface area contributed by atoms with Crippen molar-refractivity contribution in [2.75, 3.05) is 0 Å². The second kappa shape index (κ2) is 5.74. The maximum Gasteiger partial charge on any atom is 1.00 e. The van der Waals surface area contributed by atoms with Gasteiger partial charge < -0.3 is 5.11 Å². The van der Waals surface area contributed by atoms with Crippen LogP contribution in [0, 0.1) is 0 Å². The molecular weight excluding hydrogens is 247 g/mol. The van der Waals surface area contributed by atoms with Crippen LogP contribution in [-0.4, -0.2) is 5.78 Å². The predicted molar refractivity (Wildman–Crippen MR) is 68.2 cm³/mol. The fraction of sp³-hybridized carbons (Fsp3) is 0.0625. The van der Waals surface area contributed by atoms with Crippen molar-refractivity contribution < 1.29 is 39.5 Å². The Morgan fingerprint density at radius 2 is 1.79 bits per heavy atom. The molecule has 1 aliphatic rings. The van der Waals surface area contributed by atoms with Crippen LogP contribution in [0.2, 0.25) is 0 Å². The van der Waals surface area contributed by atoms with Gasteiger partial charge in [0.15, 0.2) is 5.78 Å². The van der Waals surface area contributed by atoms with E-state index in [1.54, 1.807) is 6.07 Å². The normalized spacial score (nSPS) is 11.8. The van der Waals surface area contributed by atoms with Crippen LogP contribution in [0.25, 0.3) is 11.1 Å². The first kappa shape index (κ1) is 14.1. The predicted octanol–water partition coefficient (Wildman–Crippen LogP) is -0.681. The number of fused-ring (bicyclic) bond motifs is 3. The number of rotatable bonds is 2. The summed E-state index contributed by atoms with van der Waals surface area (Å²) >= 11 is 0. The summed E-state index contributed by atoms with van der Waals surface area (Å²) in [4.78, 5) is 11.6. The summed E-state index contributed by atoms with van der Waals surface area (Å²) in [5.74, 6) is -0.233. The van der Waals surface area contributed by atoms with E-state index in [-0.39, 0.29) is 35.3 Å². The topological polar surface area (TPSA) is 40.1 Å². The van der Waals surface area contributed by atoms with Gasteiger partial charge in [0.1, 0.15) is 0 Å². The van der Waals surface area contributed by atoms with Gasteiger partial charge in [-0.15, -0.1) is 6.26 Å². The molecule has 0 N–H and O–H groups in total. The van der Waals surface area contributed by atoms with E-state index in [4.69, 9.17) is 0 Å². The summed E-state index contributed by atoms with van der Waals surface area (Å²) < 4.78 is 0. The van der Waals surface area contributed by atoms with Crippen molar-refractivity contribution in [3.8, 4) is 11.1 Å². The number of benzene rings is 2. The summed E-state index contributed by atoms with van der Waals surface area (Å²) in [5, 5.41) is 10.3. The van der Waals surface area contributed by atoms with Crippen LogP contribution < -0.4 is 34.7 Å².